The zero-order valence-corrected chi connectivity index (χ0v) is 9.21. The summed E-state index contributed by atoms with van der Waals surface area (Å²) in [5.74, 6) is 0. The standard InChI is InChI=1S/C11H21NO2/c1-11(2)4-3-10(11)12-9-7-13-5-6-14-8-9/h9-10,12H,3-8H2,1-2H3. The Hall–Kier alpha value is -0.120. The molecular weight excluding hydrogens is 178 g/mol. The van der Waals surface area contributed by atoms with E-state index in [0.717, 1.165) is 26.4 Å². The van der Waals surface area contributed by atoms with E-state index in [4.69, 9.17) is 9.47 Å². The molecule has 2 rings (SSSR count). The van der Waals surface area contributed by atoms with Gasteiger partial charge >= 0.3 is 0 Å². The molecule has 1 aliphatic heterocycles. The molecule has 1 N–H and O–H groups in total. The monoisotopic (exact) mass is 199 g/mol. The van der Waals surface area contributed by atoms with Crippen LogP contribution in [0.4, 0.5) is 0 Å². The lowest BCUT2D eigenvalue weighted by atomic mass is 9.67. The SMILES string of the molecule is CC1(C)CCC1NC1COCCOC1. The van der Waals surface area contributed by atoms with Gasteiger partial charge in [0.25, 0.3) is 0 Å². The van der Waals surface area contributed by atoms with Gasteiger partial charge in [-0.15, -0.1) is 0 Å². The summed E-state index contributed by atoms with van der Waals surface area (Å²) >= 11 is 0. The molecule has 3 heteroatoms. The largest absolute Gasteiger partial charge is 0.377 e. The number of nitrogens with one attached hydrogen (secondary N) is 1. The van der Waals surface area contributed by atoms with Crippen LogP contribution in [-0.4, -0.2) is 38.5 Å². The summed E-state index contributed by atoms with van der Waals surface area (Å²) in [6.07, 6.45) is 2.63. The van der Waals surface area contributed by atoms with Gasteiger partial charge in [-0.1, -0.05) is 13.8 Å². The highest BCUT2D eigenvalue weighted by Gasteiger charge is 2.39. The van der Waals surface area contributed by atoms with E-state index in [1.165, 1.54) is 12.8 Å². The van der Waals surface area contributed by atoms with Gasteiger partial charge in [-0.3, -0.25) is 0 Å². The number of hydrogen-bond donors (Lipinski definition) is 1. The molecule has 0 spiro atoms. The molecule has 3 nitrogen and oxygen atoms in total. The van der Waals surface area contributed by atoms with Gasteiger partial charge in [0.1, 0.15) is 0 Å². The highest BCUT2D eigenvalue weighted by Crippen LogP contribution is 2.40. The first-order valence-electron chi connectivity index (χ1n) is 5.60. The molecule has 2 aliphatic rings. The van der Waals surface area contributed by atoms with Gasteiger partial charge in [0.05, 0.1) is 32.5 Å². The molecule has 82 valence electrons. The van der Waals surface area contributed by atoms with Crippen LogP contribution in [0.1, 0.15) is 26.7 Å². The summed E-state index contributed by atoms with van der Waals surface area (Å²) in [6, 6.07) is 1.04. The zero-order valence-electron chi connectivity index (χ0n) is 9.21. The van der Waals surface area contributed by atoms with Crippen LogP contribution in [0.25, 0.3) is 0 Å². The first kappa shape index (κ1) is 10.4. The number of rotatable bonds is 2. The Kier molecular flexibility index (Phi) is 3.10. The van der Waals surface area contributed by atoms with Gasteiger partial charge in [0.2, 0.25) is 0 Å². The Labute approximate surface area is 86.2 Å². The van der Waals surface area contributed by atoms with Gasteiger partial charge in [0, 0.05) is 6.04 Å². The van der Waals surface area contributed by atoms with Crippen molar-refractivity contribution in [3.05, 3.63) is 0 Å². The summed E-state index contributed by atoms with van der Waals surface area (Å²) in [6.45, 7) is 7.73. The van der Waals surface area contributed by atoms with Crippen molar-refractivity contribution < 1.29 is 9.47 Å². The molecule has 1 unspecified atom stereocenters. The van der Waals surface area contributed by atoms with Crippen LogP contribution in [0.15, 0.2) is 0 Å². The van der Waals surface area contributed by atoms with Gasteiger partial charge in [-0.2, -0.15) is 0 Å². The van der Waals surface area contributed by atoms with Crippen molar-refractivity contribution in [2.24, 2.45) is 5.41 Å². The molecule has 0 radical (unpaired) electrons. The molecule has 0 aromatic rings. The molecule has 14 heavy (non-hydrogen) atoms. The molecule has 1 saturated heterocycles. The van der Waals surface area contributed by atoms with Crippen LogP contribution < -0.4 is 5.32 Å². The van der Waals surface area contributed by atoms with E-state index < -0.39 is 0 Å². The molecule has 1 aliphatic carbocycles. The van der Waals surface area contributed by atoms with E-state index in [1.807, 2.05) is 0 Å². The third-order valence-corrected chi connectivity index (χ3v) is 3.47. The third kappa shape index (κ3) is 2.27. The zero-order chi connectivity index (χ0) is 10.0. The molecule has 0 aromatic heterocycles. The lowest BCUT2D eigenvalue weighted by Gasteiger charge is -2.46. The van der Waals surface area contributed by atoms with Crippen LogP contribution in [0.3, 0.4) is 0 Å². The quantitative estimate of drug-likeness (QED) is 0.724. The van der Waals surface area contributed by atoms with Crippen molar-refractivity contribution in [3.63, 3.8) is 0 Å². The van der Waals surface area contributed by atoms with Crippen molar-refractivity contribution in [1.82, 2.24) is 5.32 Å². The van der Waals surface area contributed by atoms with E-state index >= 15 is 0 Å². The Bertz CT molecular complexity index is 186. The minimum Gasteiger partial charge on any atom is -0.377 e. The Morgan fingerprint density at radius 3 is 2.21 bits per heavy atom. The lowest BCUT2D eigenvalue weighted by molar-refractivity contribution is 0.0682. The van der Waals surface area contributed by atoms with Crippen LogP contribution in [0, 0.1) is 5.41 Å². The van der Waals surface area contributed by atoms with E-state index in [-0.39, 0.29) is 0 Å². The van der Waals surface area contributed by atoms with Crippen molar-refractivity contribution in [2.75, 3.05) is 26.4 Å². The second kappa shape index (κ2) is 4.17. The molecule has 0 bridgehead atoms. The maximum atomic E-state index is 5.46. The average Bonchev–Trinajstić information content (AvgIpc) is 2.41. The molecular formula is C11H21NO2. The third-order valence-electron chi connectivity index (χ3n) is 3.47. The van der Waals surface area contributed by atoms with E-state index in [9.17, 15) is 0 Å². The van der Waals surface area contributed by atoms with Crippen molar-refractivity contribution in [2.45, 2.75) is 38.8 Å². The maximum Gasteiger partial charge on any atom is 0.0701 e. The molecule has 2 fully saturated rings. The van der Waals surface area contributed by atoms with Crippen LogP contribution >= 0.6 is 0 Å². The fourth-order valence-corrected chi connectivity index (χ4v) is 2.17. The summed E-state index contributed by atoms with van der Waals surface area (Å²) in [4.78, 5) is 0. The minimum atomic E-state index is 0.391. The fraction of sp³-hybridized carbons (Fsp3) is 1.00. The molecule has 0 aromatic carbocycles. The molecule has 1 atom stereocenters. The maximum absolute atomic E-state index is 5.46. The second-order valence-electron chi connectivity index (χ2n) is 5.09. The Morgan fingerprint density at radius 1 is 1.14 bits per heavy atom. The van der Waals surface area contributed by atoms with Crippen molar-refractivity contribution >= 4 is 0 Å². The Balaban J connectivity index is 1.78. The number of ether oxygens (including phenoxy) is 2. The summed E-state index contributed by atoms with van der Waals surface area (Å²) in [5.41, 5.74) is 0.465. The molecule has 1 saturated carbocycles. The van der Waals surface area contributed by atoms with Gasteiger partial charge in [0.15, 0.2) is 0 Å². The van der Waals surface area contributed by atoms with Crippen LogP contribution in [0.2, 0.25) is 0 Å². The highest BCUT2D eigenvalue weighted by atomic mass is 16.5. The van der Waals surface area contributed by atoms with Crippen LogP contribution in [0.5, 0.6) is 0 Å². The summed E-state index contributed by atoms with van der Waals surface area (Å²) < 4.78 is 10.9. The van der Waals surface area contributed by atoms with Gasteiger partial charge in [-0.05, 0) is 18.3 Å². The lowest BCUT2D eigenvalue weighted by Crippen LogP contribution is -2.55. The molecule has 1 heterocycles. The summed E-state index contributed by atoms with van der Waals surface area (Å²) in [7, 11) is 0. The van der Waals surface area contributed by atoms with Crippen LogP contribution in [-0.2, 0) is 9.47 Å². The fourth-order valence-electron chi connectivity index (χ4n) is 2.17. The summed E-state index contributed by atoms with van der Waals surface area (Å²) in [5, 5.41) is 3.64. The van der Waals surface area contributed by atoms with E-state index in [2.05, 4.69) is 19.2 Å². The second-order valence-corrected chi connectivity index (χ2v) is 5.09. The van der Waals surface area contributed by atoms with Crippen molar-refractivity contribution in [1.29, 1.82) is 0 Å². The smallest absolute Gasteiger partial charge is 0.0701 e. The first-order chi connectivity index (χ1) is 6.68. The van der Waals surface area contributed by atoms with E-state index in [1.54, 1.807) is 0 Å². The normalized spacial score (nSPS) is 33.4. The predicted molar refractivity (Wildman–Crippen MR) is 55.4 cm³/mol. The minimum absolute atomic E-state index is 0.391. The van der Waals surface area contributed by atoms with Gasteiger partial charge < -0.3 is 14.8 Å². The topological polar surface area (TPSA) is 30.5 Å². The first-order valence-corrected chi connectivity index (χ1v) is 5.60. The van der Waals surface area contributed by atoms with Gasteiger partial charge in [-0.25, -0.2) is 0 Å². The highest BCUT2D eigenvalue weighted by molar-refractivity contribution is 4.95. The van der Waals surface area contributed by atoms with Crippen molar-refractivity contribution in [3.8, 4) is 0 Å². The molecule has 0 amide bonds. The Morgan fingerprint density at radius 2 is 1.79 bits per heavy atom. The van der Waals surface area contributed by atoms with E-state index in [0.29, 0.717) is 17.5 Å². The predicted octanol–water partition coefficient (Wildman–Crippen LogP) is 1.18. The number of hydrogen-bond acceptors (Lipinski definition) is 3. The average molecular weight is 199 g/mol.